The number of hydrogen-bond donors (Lipinski definition) is 0. The molecule has 0 amide bonds. The first kappa shape index (κ1) is 11.1. The van der Waals surface area contributed by atoms with E-state index in [2.05, 4.69) is 6.82 Å². The summed E-state index contributed by atoms with van der Waals surface area (Å²) in [6, 6.07) is 0. The van der Waals surface area contributed by atoms with Gasteiger partial charge in [0, 0.05) is 0 Å². The fourth-order valence-corrected chi connectivity index (χ4v) is 3.11. The van der Waals surface area contributed by atoms with E-state index in [-0.39, 0.29) is 0 Å². The summed E-state index contributed by atoms with van der Waals surface area (Å²) in [5, 5.41) is 0. The van der Waals surface area contributed by atoms with Gasteiger partial charge in [-0.3, -0.25) is 0 Å². The van der Waals surface area contributed by atoms with Gasteiger partial charge in [0.25, 0.3) is 0 Å². The standard InChI is InChI=1S/C10H19B.C2H6/c1-11-7-6-9-4-2-3-5-10(9)8-11;1-2/h9-10H,2-8H2,1H3;1-2H3. The molecular weight excluding hydrogens is 155 g/mol. The van der Waals surface area contributed by atoms with Crippen molar-refractivity contribution in [3.8, 4) is 0 Å². The van der Waals surface area contributed by atoms with Crippen LogP contribution >= 0.6 is 0 Å². The van der Waals surface area contributed by atoms with Crippen molar-refractivity contribution in [2.24, 2.45) is 11.8 Å². The lowest BCUT2D eigenvalue weighted by atomic mass is 9.39. The second-order valence-corrected chi connectivity index (χ2v) is 4.72. The van der Waals surface area contributed by atoms with E-state index in [1.165, 1.54) is 19.2 Å². The van der Waals surface area contributed by atoms with Crippen LogP contribution in [0.15, 0.2) is 0 Å². The third kappa shape index (κ3) is 3.04. The summed E-state index contributed by atoms with van der Waals surface area (Å²) in [4.78, 5) is 0. The highest BCUT2D eigenvalue weighted by Gasteiger charge is 2.31. The Morgan fingerprint density at radius 1 is 0.923 bits per heavy atom. The van der Waals surface area contributed by atoms with E-state index < -0.39 is 0 Å². The molecule has 1 saturated carbocycles. The molecule has 1 saturated heterocycles. The maximum absolute atomic E-state index is 2.44. The van der Waals surface area contributed by atoms with Gasteiger partial charge in [-0.05, 0) is 11.8 Å². The van der Waals surface area contributed by atoms with Crippen molar-refractivity contribution >= 4 is 6.71 Å². The molecular formula is C12H25B. The second kappa shape index (κ2) is 5.72. The van der Waals surface area contributed by atoms with Gasteiger partial charge in [-0.25, -0.2) is 0 Å². The highest BCUT2D eigenvalue weighted by Crippen LogP contribution is 2.40. The van der Waals surface area contributed by atoms with E-state index in [0.29, 0.717) is 0 Å². The normalized spacial score (nSPS) is 33.0. The lowest BCUT2D eigenvalue weighted by Crippen LogP contribution is -2.29. The predicted molar refractivity (Wildman–Crippen MR) is 62.6 cm³/mol. The Labute approximate surface area is 84.6 Å². The molecule has 1 aliphatic carbocycles. The van der Waals surface area contributed by atoms with Gasteiger partial charge in [-0.1, -0.05) is 65.4 Å². The van der Waals surface area contributed by atoms with Crippen molar-refractivity contribution in [3.05, 3.63) is 0 Å². The molecule has 1 aliphatic heterocycles. The van der Waals surface area contributed by atoms with Crippen LogP contribution in [0.25, 0.3) is 0 Å². The zero-order chi connectivity index (χ0) is 9.68. The number of fused-ring (bicyclic) bond motifs is 1. The molecule has 0 radical (unpaired) electrons. The van der Waals surface area contributed by atoms with Crippen molar-refractivity contribution < 1.29 is 0 Å². The van der Waals surface area contributed by atoms with Crippen LogP contribution in [-0.2, 0) is 0 Å². The Kier molecular flexibility index (Phi) is 4.91. The Morgan fingerprint density at radius 2 is 1.54 bits per heavy atom. The molecule has 0 N–H and O–H groups in total. The third-order valence-corrected chi connectivity index (χ3v) is 3.80. The van der Waals surface area contributed by atoms with Crippen molar-refractivity contribution in [2.45, 2.75) is 65.4 Å². The summed E-state index contributed by atoms with van der Waals surface area (Å²) < 4.78 is 0. The van der Waals surface area contributed by atoms with E-state index in [4.69, 9.17) is 0 Å². The molecule has 0 nitrogen and oxygen atoms in total. The van der Waals surface area contributed by atoms with Crippen molar-refractivity contribution in [1.82, 2.24) is 0 Å². The summed E-state index contributed by atoms with van der Waals surface area (Å²) in [7, 11) is 0. The van der Waals surface area contributed by atoms with Crippen LogP contribution in [0.4, 0.5) is 0 Å². The molecule has 2 aliphatic rings. The Bertz CT molecular complexity index is 133. The predicted octanol–water partition coefficient (Wildman–Crippen LogP) is 4.35. The average Bonchev–Trinajstić information content (AvgIpc) is 2.21. The van der Waals surface area contributed by atoms with Crippen LogP contribution in [0.1, 0.15) is 46.0 Å². The SMILES string of the molecule is CB1CCC2CCCCC2C1.CC. The average molecular weight is 180 g/mol. The summed E-state index contributed by atoms with van der Waals surface area (Å²) in [6.45, 7) is 7.47. The zero-order valence-corrected chi connectivity index (χ0v) is 9.68. The van der Waals surface area contributed by atoms with Crippen molar-refractivity contribution in [3.63, 3.8) is 0 Å². The molecule has 2 atom stereocenters. The Morgan fingerprint density at radius 3 is 2.23 bits per heavy atom. The summed E-state index contributed by atoms with van der Waals surface area (Å²) in [5.41, 5.74) is 0. The van der Waals surface area contributed by atoms with E-state index in [1.54, 1.807) is 25.6 Å². The molecule has 76 valence electrons. The van der Waals surface area contributed by atoms with Crippen LogP contribution < -0.4 is 0 Å². The lowest BCUT2D eigenvalue weighted by molar-refractivity contribution is 0.237. The first-order chi connectivity index (χ1) is 6.36. The van der Waals surface area contributed by atoms with E-state index >= 15 is 0 Å². The van der Waals surface area contributed by atoms with Gasteiger partial charge in [0.05, 0.1) is 0 Å². The summed E-state index contributed by atoms with van der Waals surface area (Å²) in [5.74, 6) is 2.27. The van der Waals surface area contributed by atoms with Gasteiger partial charge < -0.3 is 0 Å². The van der Waals surface area contributed by atoms with E-state index in [1.807, 2.05) is 13.8 Å². The highest BCUT2D eigenvalue weighted by atomic mass is 14.3. The minimum atomic E-state index is 1.04. The summed E-state index contributed by atoms with van der Waals surface area (Å²) >= 11 is 0. The largest absolute Gasteiger partial charge is 0.136 e. The molecule has 2 unspecified atom stereocenters. The van der Waals surface area contributed by atoms with Gasteiger partial charge in [0.1, 0.15) is 6.71 Å². The quantitative estimate of drug-likeness (QED) is 0.486. The van der Waals surface area contributed by atoms with Gasteiger partial charge in [0.2, 0.25) is 0 Å². The smallest absolute Gasteiger partial charge is 0.0861 e. The monoisotopic (exact) mass is 180 g/mol. The van der Waals surface area contributed by atoms with Gasteiger partial charge in [-0.15, -0.1) is 0 Å². The topological polar surface area (TPSA) is 0 Å². The number of rotatable bonds is 0. The van der Waals surface area contributed by atoms with Crippen LogP contribution in [0, 0.1) is 11.8 Å². The second-order valence-electron chi connectivity index (χ2n) is 4.72. The molecule has 1 heteroatoms. The molecule has 0 aromatic carbocycles. The Balaban J connectivity index is 0.000000396. The van der Waals surface area contributed by atoms with Crippen molar-refractivity contribution in [1.29, 1.82) is 0 Å². The lowest BCUT2D eigenvalue weighted by Gasteiger charge is -2.37. The maximum atomic E-state index is 2.44. The number of hydrogen-bond acceptors (Lipinski definition) is 0. The summed E-state index contributed by atoms with van der Waals surface area (Å²) in [6.07, 6.45) is 10.8. The molecule has 13 heavy (non-hydrogen) atoms. The molecule has 2 fully saturated rings. The minimum absolute atomic E-state index is 1.04. The zero-order valence-electron chi connectivity index (χ0n) is 9.68. The molecule has 0 spiro atoms. The van der Waals surface area contributed by atoms with E-state index in [0.717, 1.165) is 18.5 Å². The third-order valence-electron chi connectivity index (χ3n) is 3.80. The fourth-order valence-electron chi connectivity index (χ4n) is 3.11. The minimum Gasteiger partial charge on any atom is -0.0861 e. The molecule has 0 aromatic heterocycles. The fraction of sp³-hybridized carbons (Fsp3) is 1.00. The maximum Gasteiger partial charge on any atom is 0.136 e. The molecule has 0 bridgehead atoms. The molecule has 2 rings (SSSR count). The highest BCUT2D eigenvalue weighted by molar-refractivity contribution is 6.57. The van der Waals surface area contributed by atoms with Crippen LogP contribution in [0.3, 0.4) is 0 Å². The van der Waals surface area contributed by atoms with Gasteiger partial charge >= 0.3 is 0 Å². The first-order valence-electron chi connectivity index (χ1n) is 6.36. The van der Waals surface area contributed by atoms with Crippen LogP contribution in [0.5, 0.6) is 0 Å². The molecule has 0 aromatic rings. The van der Waals surface area contributed by atoms with E-state index in [9.17, 15) is 0 Å². The first-order valence-corrected chi connectivity index (χ1v) is 6.36. The van der Waals surface area contributed by atoms with Crippen LogP contribution in [-0.4, -0.2) is 6.71 Å². The van der Waals surface area contributed by atoms with Gasteiger partial charge in [-0.2, -0.15) is 0 Å². The Hall–Kier alpha value is 0.0649. The van der Waals surface area contributed by atoms with Crippen LogP contribution in [0.2, 0.25) is 19.5 Å². The van der Waals surface area contributed by atoms with Crippen molar-refractivity contribution in [2.75, 3.05) is 0 Å². The molecule has 1 heterocycles. The van der Waals surface area contributed by atoms with Gasteiger partial charge in [0.15, 0.2) is 0 Å².